The smallest absolute Gasteiger partial charge is 0.407 e. The number of nitro benzene ring substituents is 1. The zero-order chi connectivity index (χ0) is 19.4. The molecule has 0 aliphatic rings. The van der Waals surface area contributed by atoms with Gasteiger partial charge in [0.2, 0.25) is 0 Å². The Morgan fingerprint density at radius 3 is 2.40 bits per heavy atom. The largest absolute Gasteiger partial charge is 0.478 e. The Morgan fingerprint density at radius 2 is 1.92 bits per heavy atom. The number of aliphatic hydroxyl groups is 2. The first kappa shape index (κ1) is 20.3. The number of nitrogens with zero attached hydrogens (tertiary/aromatic N) is 1. The van der Waals surface area contributed by atoms with Gasteiger partial charge < -0.3 is 25.4 Å². The minimum Gasteiger partial charge on any atom is -0.478 e. The van der Waals surface area contributed by atoms with Crippen LogP contribution in [0.15, 0.2) is 18.2 Å². The second-order valence-electron chi connectivity index (χ2n) is 6.23. The summed E-state index contributed by atoms with van der Waals surface area (Å²) in [6.45, 7) is 4.53. The fraction of sp³-hybridized carbons (Fsp3) is 0.467. The average molecular weight is 356 g/mol. The summed E-state index contributed by atoms with van der Waals surface area (Å²) < 4.78 is 4.97. The van der Waals surface area contributed by atoms with Crippen molar-refractivity contribution in [1.82, 2.24) is 5.32 Å². The van der Waals surface area contributed by atoms with Crippen LogP contribution in [0.3, 0.4) is 0 Å². The molecule has 2 atom stereocenters. The molecule has 1 rings (SSSR count). The third-order valence-corrected chi connectivity index (χ3v) is 3.02. The fourth-order valence-corrected chi connectivity index (χ4v) is 1.92. The van der Waals surface area contributed by atoms with E-state index in [-0.39, 0.29) is 5.56 Å². The van der Waals surface area contributed by atoms with E-state index < -0.39 is 52.6 Å². The second kappa shape index (κ2) is 7.90. The van der Waals surface area contributed by atoms with Crippen molar-refractivity contribution in [3.8, 4) is 0 Å². The molecule has 1 aromatic rings. The number of alkyl carbamates (subject to hydrolysis) is 1. The number of carboxylic acid groups (broad SMARTS) is 1. The molecule has 0 spiro atoms. The lowest BCUT2D eigenvalue weighted by Gasteiger charge is -2.22. The number of non-ortho nitro benzene ring substituents is 1. The van der Waals surface area contributed by atoms with Gasteiger partial charge in [-0.2, -0.15) is 0 Å². The quantitative estimate of drug-likeness (QED) is 0.437. The number of ether oxygens (including phenoxy) is 1. The summed E-state index contributed by atoms with van der Waals surface area (Å²) in [6.07, 6.45) is -4.05. The second-order valence-corrected chi connectivity index (χ2v) is 6.23. The first-order valence-electron chi connectivity index (χ1n) is 7.27. The average Bonchev–Trinajstić information content (AvgIpc) is 2.49. The normalized spacial score (nSPS) is 13.6. The van der Waals surface area contributed by atoms with Crippen LogP contribution < -0.4 is 5.32 Å². The van der Waals surface area contributed by atoms with Crippen LogP contribution in [-0.2, 0) is 4.74 Å². The van der Waals surface area contributed by atoms with Gasteiger partial charge in [-0.25, -0.2) is 9.59 Å². The monoisotopic (exact) mass is 356 g/mol. The Balaban J connectivity index is 2.88. The molecule has 0 bridgehead atoms. The van der Waals surface area contributed by atoms with Crippen LogP contribution in [-0.4, -0.2) is 50.6 Å². The maximum atomic E-state index is 11.5. The zero-order valence-electron chi connectivity index (χ0n) is 13.9. The highest BCUT2D eigenvalue weighted by Gasteiger charge is 2.26. The number of carbonyl (C=O) groups is 2. The van der Waals surface area contributed by atoms with E-state index in [1.807, 2.05) is 0 Å². The molecule has 0 fully saturated rings. The number of carboxylic acids is 1. The van der Waals surface area contributed by atoms with E-state index >= 15 is 0 Å². The van der Waals surface area contributed by atoms with Gasteiger partial charge in [-0.05, 0) is 32.4 Å². The van der Waals surface area contributed by atoms with Crippen molar-refractivity contribution < 1.29 is 34.6 Å². The van der Waals surface area contributed by atoms with Gasteiger partial charge in [0.05, 0.1) is 10.5 Å². The minimum atomic E-state index is -1.68. The van der Waals surface area contributed by atoms with Crippen molar-refractivity contribution in [2.24, 2.45) is 0 Å². The SMILES string of the molecule is CC(C)(C)OC(=O)NCC(O)C(O)c1ccc([N+](=O)[O-])cc1C(=O)O. The Kier molecular flexibility index (Phi) is 6.42. The summed E-state index contributed by atoms with van der Waals surface area (Å²) in [5.74, 6) is -1.50. The molecule has 4 N–H and O–H groups in total. The van der Waals surface area contributed by atoms with Gasteiger partial charge in [-0.1, -0.05) is 0 Å². The number of aromatic carboxylic acids is 1. The molecular formula is C15H20N2O8. The zero-order valence-corrected chi connectivity index (χ0v) is 13.9. The molecule has 0 radical (unpaired) electrons. The summed E-state index contributed by atoms with van der Waals surface area (Å²) in [6, 6.07) is 2.84. The molecule has 138 valence electrons. The number of aliphatic hydroxyl groups excluding tert-OH is 2. The lowest BCUT2D eigenvalue weighted by molar-refractivity contribution is -0.384. The Bertz CT molecular complexity index is 668. The standard InChI is InChI=1S/C15H20N2O8/c1-15(2,3)25-14(22)16-7-11(18)12(19)9-5-4-8(17(23)24)6-10(9)13(20)21/h4-6,11-12,18-19H,7H2,1-3H3,(H,16,22)(H,20,21). The predicted octanol–water partition coefficient (Wildman–Crippen LogP) is 1.21. The molecule has 0 aromatic heterocycles. The molecule has 0 aliphatic heterocycles. The van der Waals surface area contributed by atoms with Crippen molar-refractivity contribution in [2.45, 2.75) is 38.6 Å². The number of amides is 1. The van der Waals surface area contributed by atoms with Crippen LogP contribution in [0.25, 0.3) is 0 Å². The highest BCUT2D eigenvalue weighted by atomic mass is 16.6. The van der Waals surface area contributed by atoms with Gasteiger partial charge in [-0.15, -0.1) is 0 Å². The highest BCUT2D eigenvalue weighted by Crippen LogP contribution is 2.25. The lowest BCUT2D eigenvalue weighted by Crippen LogP contribution is -2.39. The van der Waals surface area contributed by atoms with Gasteiger partial charge >= 0.3 is 12.1 Å². The summed E-state index contributed by atoms with van der Waals surface area (Å²) in [4.78, 5) is 32.7. The van der Waals surface area contributed by atoms with Crippen LogP contribution in [0.1, 0.15) is 42.8 Å². The molecule has 1 aromatic carbocycles. The molecule has 0 aliphatic carbocycles. The van der Waals surface area contributed by atoms with Crippen LogP contribution in [0.5, 0.6) is 0 Å². The molecule has 10 nitrogen and oxygen atoms in total. The molecule has 0 heterocycles. The maximum Gasteiger partial charge on any atom is 0.407 e. The molecule has 0 saturated heterocycles. The van der Waals surface area contributed by atoms with Gasteiger partial charge in [0.15, 0.2) is 0 Å². The van der Waals surface area contributed by atoms with Crippen molar-refractivity contribution in [1.29, 1.82) is 0 Å². The van der Waals surface area contributed by atoms with Crippen LogP contribution >= 0.6 is 0 Å². The highest BCUT2D eigenvalue weighted by molar-refractivity contribution is 5.90. The van der Waals surface area contributed by atoms with E-state index in [2.05, 4.69) is 5.32 Å². The van der Waals surface area contributed by atoms with Crippen LogP contribution in [0.2, 0.25) is 0 Å². The first-order valence-corrected chi connectivity index (χ1v) is 7.27. The van der Waals surface area contributed by atoms with E-state index in [0.29, 0.717) is 0 Å². The summed E-state index contributed by atoms with van der Waals surface area (Å²) in [5.41, 5.74) is -1.94. The van der Waals surface area contributed by atoms with Crippen molar-refractivity contribution in [3.05, 3.63) is 39.4 Å². The number of nitrogens with one attached hydrogen (secondary N) is 1. The predicted molar refractivity (Wildman–Crippen MR) is 85.3 cm³/mol. The van der Waals surface area contributed by atoms with Gasteiger partial charge in [0.25, 0.3) is 5.69 Å². The summed E-state index contributed by atoms with van der Waals surface area (Å²) >= 11 is 0. The number of hydrogen-bond donors (Lipinski definition) is 4. The van der Waals surface area contributed by atoms with Gasteiger partial charge in [-0.3, -0.25) is 10.1 Å². The fourth-order valence-electron chi connectivity index (χ4n) is 1.92. The van der Waals surface area contributed by atoms with E-state index in [4.69, 9.17) is 9.84 Å². The number of hydrogen-bond acceptors (Lipinski definition) is 7. The van der Waals surface area contributed by atoms with E-state index in [1.165, 1.54) is 0 Å². The summed E-state index contributed by atoms with van der Waals surface area (Å²) in [7, 11) is 0. The van der Waals surface area contributed by atoms with Crippen molar-refractivity contribution >= 4 is 17.7 Å². The van der Waals surface area contributed by atoms with Crippen molar-refractivity contribution in [2.75, 3.05) is 6.54 Å². The molecule has 10 heteroatoms. The van der Waals surface area contributed by atoms with Crippen LogP contribution in [0, 0.1) is 10.1 Å². The summed E-state index contributed by atoms with van der Waals surface area (Å²) in [5, 5.41) is 42.2. The number of benzene rings is 1. The molecule has 1 amide bonds. The molecule has 2 unspecified atom stereocenters. The maximum absolute atomic E-state index is 11.5. The number of rotatable bonds is 6. The Hall–Kier alpha value is -2.72. The third kappa shape index (κ3) is 6.01. The van der Waals surface area contributed by atoms with Gasteiger partial charge in [0, 0.05) is 18.7 Å². The van der Waals surface area contributed by atoms with E-state index in [0.717, 1.165) is 18.2 Å². The van der Waals surface area contributed by atoms with Gasteiger partial charge in [0.1, 0.15) is 17.8 Å². The Morgan fingerprint density at radius 1 is 1.32 bits per heavy atom. The van der Waals surface area contributed by atoms with E-state index in [1.54, 1.807) is 20.8 Å². The van der Waals surface area contributed by atoms with E-state index in [9.17, 15) is 29.9 Å². The Labute approximate surface area is 143 Å². The molecule has 0 saturated carbocycles. The number of carbonyl (C=O) groups excluding carboxylic acids is 1. The molecular weight excluding hydrogens is 336 g/mol. The first-order chi connectivity index (χ1) is 11.4. The number of nitro groups is 1. The lowest BCUT2D eigenvalue weighted by atomic mass is 9.98. The van der Waals surface area contributed by atoms with Crippen LogP contribution in [0.4, 0.5) is 10.5 Å². The molecule has 25 heavy (non-hydrogen) atoms. The topological polar surface area (TPSA) is 159 Å². The third-order valence-electron chi connectivity index (χ3n) is 3.02. The van der Waals surface area contributed by atoms with Crippen molar-refractivity contribution in [3.63, 3.8) is 0 Å². The minimum absolute atomic E-state index is 0.211.